The van der Waals surface area contributed by atoms with Crippen molar-refractivity contribution in [3.8, 4) is 0 Å². The summed E-state index contributed by atoms with van der Waals surface area (Å²) >= 11 is 0. The molecule has 4 N–H and O–H groups in total. The fraction of sp³-hybridized carbons (Fsp3) is 0.479. The van der Waals surface area contributed by atoms with Crippen molar-refractivity contribution in [3.63, 3.8) is 0 Å². The van der Waals surface area contributed by atoms with Gasteiger partial charge in [-0.2, -0.15) is 0 Å². The summed E-state index contributed by atoms with van der Waals surface area (Å²) < 4.78 is 17.0. The van der Waals surface area contributed by atoms with Crippen LogP contribution >= 0.6 is 0 Å². The smallest absolute Gasteiger partial charge is 0.237 e. The number of carbonyl (C=O) groups is 5. The van der Waals surface area contributed by atoms with Crippen LogP contribution in [-0.4, -0.2) is 96.1 Å². The van der Waals surface area contributed by atoms with Gasteiger partial charge in [0.25, 0.3) is 0 Å². The number of aryl methyl sites for hydroxylation is 1. The standard InChI is InChI=1S/C48H64FN7O5/c1-35-20-24-54(35)33-43(53-48(61)45(50-3)27-39-10-8-11-40(26-39)30-52-36(2)59)28-41-32-55(46-18-17-42(49)29-44(41)46)22-6-4-5-7-23-56(47(60)12-9-25-57)31-38-15-13-37(14-16-38)19-21-51-34-58/h8,10-11,13-18,25-26,29,32,34-35,43,45,50H,4-7,9,12,19-24,27-28,30-31,33H2,1-3H3,(H,51,58)(H,52,59)(H,53,61)/t35?,43-,45-/m0/s1. The molecule has 3 atom stereocenters. The summed E-state index contributed by atoms with van der Waals surface area (Å²) in [6.45, 7) is 8.18. The van der Waals surface area contributed by atoms with E-state index in [-0.39, 0.29) is 42.4 Å². The van der Waals surface area contributed by atoms with E-state index in [1.165, 1.54) is 13.0 Å². The number of aromatic nitrogens is 1. The minimum Gasteiger partial charge on any atom is -0.358 e. The molecular weight excluding hydrogens is 774 g/mol. The number of amides is 4. The molecule has 0 saturated carbocycles. The first-order chi connectivity index (χ1) is 29.6. The van der Waals surface area contributed by atoms with Gasteiger partial charge in [0, 0.05) is 88.2 Å². The highest BCUT2D eigenvalue weighted by Gasteiger charge is 2.29. The number of aldehydes is 1. The molecule has 1 unspecified atom stereocenters. The highest BCUT2D eigenvalue weighted by molar-refractivity contribution is 5.85. The summed E-state index contributed by atoms with van der Waals surface area (Å²) in [6, 6.07) is 20.7. The van der Waals surface area contributed by atoms with Gasteiger partial charge in [-0.3, -0.25) is 24.1 Å². The molecule has 61 heavy (non-hydrogen) atoms. The van der Waals surface area contributed by atoms with E-state index >= 15 is 0 Å². The highest BCUT2D eigenvalue weighted by Crippen LogP contribution is 2.26. The van der Waals surface area contributed by atoms with Crippen molar-refractivity contribution in [3.05, 3.63) is 107 Å². The fourth-order valence-electron chi connectivity index (χ4n) is 8.08. The number of nitrogens with one attached hydrogen (secondary N) is 4. The van der Waals surface area contributed by atoms with Gasteiger partial charge < -0.3 is 35.5 Å². The molecule has 1 aliphatic heterocycles. The molecule has 4 aromatic rings. The zero-order valence-corrected chi connectivity index (χ0v) is 36.1. The maximum Gasteiger partial charge on any atom is 0.237 e. The molecule has 328 valence electrons. The summed E-state index contributed by atoms with van der Waals surface area (Å²) in [5.74, 6) is -0.518. The van der Waals surface area contributed by atoms with Crippen molar-refractivity contribution in [2.24, 2.45) is 0 Å². The number of carbonyl (C=O) groups excluding carboxylic acids is 5. The lowest BCUT2D eigenvalue weighted by atomic mass is 9.99. The number of unbranched alkanes of at least 4 members (excludes halogenated alkanes) is 3. The Kier molecular flexibility index (Phi) is 18.5. The van der Waals surface area contributed by atoms with Gasteiger partial charge in [0.2, 0.25) is 24.1 Å². The highest BCUT2D eigenvalue weighted by atomic mass is 19.1. The number of nitrogens with zero attached hydrogens (tertiary/aromatic N) is 3. The third-order valence-corrected chi connectivity index (χ3v) is 11.7. The van der Waals surface area contributed by atoms with Crippen LogP contribution in [0.4, 0.5) is 4.39 Å². The quantitative estimate of drug-likeness (QED) is 0.0476. The predicted octanol–water partition coefficient (Wildman–Crippen LogP) is 5.23. The fourth-order valence-corrected chi connectivity index (χ4v) is 8.08. The van der Waals surface area contributed by atoms with Crippen LogP contribution in [0.15, 0.2) is 72.9 Å². The predicted molar refractivity (Wildman–Crippen MR) is 237 cm³/mol. The van der Waals surface area contributed by atoms with Gasteiger partial charge in [-0.25, -0.2) is 4.39 Å². The van der Waals surface area contributed by atoms with E-state index in [4.69, 9.17) is 0 Å². The van der Waals surface area contributed by atoms with Crippen LogP contribution in [0.1, 0.15) is 86.6 Å². The summed E-state index contributed by atoms with van der Waals surface area (Å²) in [6.07, 6.45) is 10.5. The average molecular weight is 838 g/mol. The van der Waals surface area contributed by atoms with Crippen LogP contribution in [0.2, 0.25) is 0 Å². The molecule has 0 spiro atoms. The van der Waals surface area contributed by atoms with Gasteiger partial charge in [0.05, 0.1) is 6.04 Å². The second kappa shape index (κ2) is 24.1. The number of halogens is 1. The van der Waals surface area contributed by atoms with E-state index in [0.29, 0.717) is 58.0 Å². The summed E-state index contributed by atoms with van der Waals surface area (Å²) in [4.78, 5) is 64.2. The minimum atomic E-state index is -0.470. The Labute approximate surface area is 360 Å². The Morgan fingerprint density at radius 2 is 1.70 bits per heavy atom. The summed E-state index contributed by atoms with van der Waals surface area (Å²) in [5.41, 5.74) is 6.04. The molecule has 0 radical (unpaired) electrons. The van der Waals surface area contributed by atoms with E-state index in [1.54, 1.807) is 13.1 Å². The third kappa shape index (κ3) is 14.6. The summed E-state index contributed by atoms with van der Waals surface area (Å²) in [5, 5.41) is 12.9. The molecule has 0 aliphatic carbocycles. The van der Waals surface area contributed by atoms with Crippen LogP contribution in [0.3, 0.4) is 0 Å². The van der Waals surface area contributed by atoms with Gasteiger partial charge in [-0.15, -0.1) is 0 Å². The zero-order valence-electron chi connectivity index (χ0n) is 36.1. The van der Waals surface area contributed by atoms with Crippen molar-refractivity contribution >= 4 is 41.3 Å². The van der Waals surface area contributed by atoms with E-state index in [2.05, 4.69) is 43.9 Å². The van der Waals surface area contributed by atoms with E-state index in [0.717, 1.165) is 96.6 Å². The molecule has 12 nitrogen and oxygen atoms in total. The van der Waals surface area contributed by atoms with Gasteiger partial charge in [0.15, 0.2) is 0 Å². The van der Waals surface area contributed by atoms with Crippen molar-refractivity contribution in [2.75, 3.05) is 33.2 Å². The monoisotopic (exact) mass is 837 g/mol. The molecule has 1 fully saturated rings. The zero-order chi connectivity index (χ0) is 43.6. The Bertz CT molecular complexity index is 2050. The van der Waals surface area contributed by atoms with E-state index in [9.17, 15) is 28.4 Å². The van der Waals surface area contributed by atoms with Gasteiger partial charge in [0.1, 0.15) is 12.1 Å². The lowest BCUT2D eigenvalue weighted by Crippen LogP contribution is -2.56. The number of likely N-dealkylation sites (N-methyl/N-ethyl adjacent to an activating group) is 1. The second-order valence-electron chi connectivity index (χ2n) is 16.4. The molecule has 3 aromatic carbocycles. The molecule has 13 heteroatoms. The molecule has 1 aliphatic rings. The summed E-state index contributed by atoms with van der Waals surface area (Å²) in [7, 11) is 1.79. The van der Waals surface area contributed by atoms with Crippen LogP contribution < -0.4 is 21.3 Å². The maximum absolute atomic E-state index is 14.8. The van der Waals surface area contributed by atoms with Gasteiger partial charge >= 0.3 is 0 Å². The van der Waals surface area contributed by atoms with Crippen molar-refractivity contribution in [1.29, 1.82) is 0 Å². The molecule has 1 saturated heterocycles. The molecular formula is C48H64FN7O5. The number of hydrogen-bond donors (Lipinski definition) is 4. The second-order valence-corrected chi connectivity index (χ2v) is 16.4. The van der Waals surface area contributed by atoms with Crippen molar-refractivity contribution in [1.82, 2.24) is 35.6 Å². The van der Waals surface area contributed by atoms with Gasteiger partial charge in [-0.1, -0.05) is 61.4 Å². The van der Waals surface area contributed by atoms with Crippen LogP contribution in [0.25, 0.3) is 10.9 Å². The number of rotatable bonds is 27. The molecule has 4 amide bonds. The maximum atomic E-state index is 14.8. The Hall–Kier alpha value is -5.40. The number of fused-ring (bicyclic) bond motifs is 1. The number of likely N-dealkylation sites (tertiary alicyclic amines) is 1. The SMILES string of the molecule is CN[C@@H](Cc1cccc(CNC(C)=O)c1)C(=O)N[C@@H](Cc1cn(CCCCCCN(Cc2ccc(CCNC=O)cc2)C(=O)CCC=O)c2ccc(F)cc12)CN1CCC1C. The van der Waals surface area contributed by atoms with E-state index in [1.807, 2.05) is 59.5 Å². The molecule has 1 aromatic heterocycles. The molecule has 5 rings (SSSR count). The largest absolute Gasteiger partial charge is 0.358 e. The minimum absolute atomic E-state index is 0.0329. The van der Waals surface area contributed by atoms with Crippen molar-refractivity contribution < 1.29 is 28.4 Å². The first-order valence-electron chi connectivity index (χ1n) is 21.8. The number of benzene rings is 3. The molecule has 2 heterocycles. The average Bonchev–Trinajstić information content (AvgIpc) is 3.59. The van der Waals surface area contributed by atoms with Crippen molar-refractivity contribution in [2.45, 2.75) is 116 Å². The normalized spacial score (nSPS) is 14.8. The Balaban J connectivity index is 1.19. The lowest BCUT2D eigenvalue weighted by molar-refractivity contribution is -0.132. The Morgan fingerprint density at radius 3 is 2.41 bits per heavy atom. The lowest BCUT2D eigenvalue weighted by Gasteiger charge is -2.41. The Morgan fingerprint density at radius 1 is 0.934 bits per heavy atom. The topological polar surface area (TPSA) is 145 Å². The molecule has 0 bridgehead atoms. The third-order valence-electron chi connectivity index (χ3n) is 11.7. The van der Waals surface area contributed by atoms with Crippen LogP contribution in [0, 0.1) is 5.82 Å². The van der Waals surface area contributed by atoms with E-state index < -0.39 is 6.04 Å². The van der Waals surface area contributed by atoms with Crippen LogP contribution in [0.5, 0.6) is 0 Å². The number of hydrogen-bond acceptors (Lipinski definition) is 7. The van der Waals surface area contributed by atoms with Crippen LogP contribution in [-0.2, 0) is 62.9 Å². The first-order valence-corrected chi connectivity index (χ1v) is 21.8. The van der Waals surface area contributed by atoms with Gasteiger partial charge in [-0.05, 0) is 105 Å². The first kappa shape index (κ1) is 46.7.